The zero-order valence-corrected chi connectivity index (χ0v) is 29.5. The molecule has 0 radical (unpaired) electrons. The highest BCUT2D eigenvalue weighted by molar-refractivity contribution is 7.91. The number of thiazole rings is 1. The number of carbonyl (C=O) groups excluding carboxylic acids is 3. The first-order chi connectivity index (χ1) is 23.3. The highest BCUT2D eigenvalue weighted by Gasteiger charge is 2.62. The lowest BCUT2D eigenvalue weighted by Crippen LogP contribution is -2.57. The Morgan fingerprint density at radius 2 is 2.02 bits per heavy atom. The van der Waals surface area contributed by atoms with Gasteiger partial charge >= 0.3 is 0 Å². The van der Waals surface area contributed by atoms with Gasteiger partial charge in [-0.2, -0.15) is 0 Å². The normalized spacial score (nSPS) is 28.1. The smallest absolute Gasteiger partial charge is 0.259 e. The number of hydrogen-bond donors (Lipinski definition) is 3. The molecule has 3 amide bonds. The molecule has 2 aromatic heterocycles. The molecule has 3 N–H and O–H groups in total. The second kappa shape index (κ2) is 12.4. The molecule has 49 heavy (non-hydrogen) atoms. The number of sulfonamides is 1. The second-order valence-corrected chi connectivity index (χ2v) is 17.3. The molecule has 0 unspecified atom stereocenters. The maximum Gasteiger partial charge on any atom is 0.259 e. The van der Waals surface area contributed by atoms with Crippen molar-refractivity contribution in [1.29, 1.82) is 0 Å². The number of carbonyl (C=O) groups is 3. The molecule has 1 aromatic carbocycles. The van der Waals surface area contributed by atoms with Crippen molar-refractivity contribution in [1.82, 2.24) is 24.9 Å². The van der Waals surface area contributed by atoms with E-state index in [2.05, 4.69) is 59.0 Å². The lowest BCUT2D eigenvalue weighted by Gasteiger charge is -2.28. The number of fused-ring (bicyclic) bond motifs is 5. The van der Waals surface area contributed by atoms with E-state index in [4.69, 9.17) is 9.72 Å². The van der Waals surface area contributed by atoms with Gasteiger partial charge in [0.2, 0.25) is 27.7 Å². The number of nitrogens with one attached hydrogen (secondary N) is 3. The molecular formula is C35H42N6O6S2. The van der Waals surface area contributed by atoms with Gasteiger partial charge < -0.3 is 20.3 Å². The highest BCUT2D eigenvalue weighted by Crippen LogP contribution is 2.45. The molecule has 2 saturated carbocycles. The van der Waals surface area contributed by atoms with Gasteiger partial charge in [-0.05, 0) is 68.5 Å². The Morgan fingerprint density at radius 3 is 2.76 bits per heavy atom. The zero-order chi connectivity index (χ0) is 34.7. The van der Waals surface area contributed by atoms with Crippen LogP contribution in [0.2, 0.25) is 0 Å². The van der Waals surface area contributed by atoms with E-state index in [0.717, 1.165) is 41.3 Å². The molecular weight excluding hydrogens is 665 g/mol. The Hall–Kier alpha value is -4.04. The van der Waals surface area contributed by atoms with E-state index in [1.165, 1.54) is 16.2 Å². The molecule has 3 fully saturated rings. The lowest BCUT2D eigenvalue weighted by atomic mass is 9.84. The van der Waals surface area contributed by atoms with Crippen LogP contribution in [0.5, 0.6) is 5.88 Å². The van der Waals surface area contributed by atoms with Crippen molar-refractivity contribution in [3.8, 4) is 5.88 Å². The molecule has 3 aromatic rings. The van der Waals surface area contributed by atoms with Crippen molar-refractivity contribution in [2.24, 2.45) is 5.92 Å². The molecule has 2 aliphatic carbocycles. The van der Waals surface area contributed by atoms with Crippen LogP contribution in [0, 0.1) is 5.92 Å². The Morgan fingerprint density at radius 1 is 1.22 bits per heavy atom. The predicted octanol–water partition coefficient (Wildman–Crippen LogP) is 3.82. The zero-order valence-electron chi connectivity index (χ0n) is 27.9. The lowest BCUT2D eigenvalue weighted by molar-refractivity contribution is -0.140. The Labute approximate surface area is 290 Å². The van der Waals surface area contributed by atoms with E-state index < -0.39 is 56.7 Å². The number of amides is 3. The summed E-state index contributed by atoms with van der Waals surface area (Å²) < 4.78 is 33.9. The van der Waals surface area contributed by atoms with Crippen LogP contribution >= 0.6 is 11.3 Å². The van der Waals surface area contributed by atoms with Crippen molar-refractivity contribution in [2.75, 3.05) is 11.9 Å². The van der Waals surface area contributed by atoms with E-state index in [0.29, 0.717) is 23.9 Å². The van der Waals surface area contributed by atoms with Gasteiger partial charge in [0.05, 0.1) is 17.5 Å². The minimum Gasteiger partial charge on any atom is -0.472 e. The molecule has 1 saturated heterocycles. The summed E-state index contributed by atoms with van der Waals surface area (Å²) in [5, 5.41) is 9.94. The van der Waals surface area contributed by atoms with E-state index in [1.807, 2.05) is 11.4 Å². The fraction of sp³-hybridized carbons (Fsp3) is 0.514. The molecule has 0 spiro atoms. The third kappa shape index (κ3) is 6.52. The summed E-state index contributed by atoms with van der Waals surface area (Å²) in [5.41, 5.74) is 0.457. The number of hydrogen-bond acceptors (Lipinski definition) is 10. The van der Waals surface area contributed by atoms with Crippen molar-refractivity contribution in [3.63, 3.8) is 0 Å². The number of anilines is 1. The van der Waals surface area contributed by atoms with Crippen LogP contribution < -0.4 is 20.1 Å². The number of ether oxygens (including phenoxy) is 1. The molecule has 12 nitrogen and oxygen atoms in total. The number of aryl methyl sites for hydroxylation is 1. The first kappa shape index (κ1) is 33.5. The van der Waals surface area contributed by atoms with Crippen LogP contribution in [-0.4, -0.2) is 76.5 Å². The third-order valence-corrected chi connectivity index (χ3v) is 12.9. The molecule has 4 heterocycles. The van der Waals surface area contributed by atoms with Gasteiger partial charge in [-0.15, -0.1) is 17.9 Å². The van der Waals surface area contributed by atoms with Gasteiger partial charge in [-0.3, -0.25) is 19.1 Å². The summed E-state index contributed by atoms with van der Waals surface area (Å²) in [6.45, 7) is 9.98. The van der Waals surface area contributed by atoms with Gasteiger partial charge in [-0.25, -0.2) is 18.4 Å². The van der Waals surface area contributed by atoms with Crippen LogP contribution in [-0.2, 0) is 36.2 Å². The minimum atomic E-state index is -3.84. The molecule has 14 heteroatoms. The van der Waals surface area contributed by atoms with Gasteiger partial charge in [0, 0.05) is 34.7 Å². The topological polar surface area (TPSA) is 160 Å². The molecule has 5 atom stereocenters. The molecule has 6 bridgehead atoms. The number of benzene rings is 1. The highest BCUT2D eigenvalue weighted by atomic mass is 32.2. The summed E-state index contributed by atoms with van der Waals surface area (Å²) >= 11 is 1.44. The van der Waals surface area contributed by atoms with Crippen molar-refractivity contribution < 1.29 is 27.5 Å². The van der Waals surface area contributed by atoms with Crippen LogP contribution in [0.3, 0.4) is 0 Å². The van der Waals surface area contributed by atoms with Crippen LogP contribution in [0.15, 0.2) is 48.5 Å². The third-order valence-electron chi connectivity index (χ3n) is 10.3. The Balaban J connectivity index is 1.20. The molecule has 4 aliphatic rings. The molecule has 260 valence electrons. The quantitative estimate of drug-likeness (QED) is 0.324. The maximum absolute atomic E-state index is 14.1. The first-order valence-electron chi connectivity index (χ1n) is 16.9. The van der Waals surface area contributed by atoms with Crippen LogP contribution in [0.25, 0.3) is 10.8 Å². The average Bonchev–Trinajstić information content (AvgIpc) is 3.95. The van der Waals surface area contributed by atoms with Gasteiger partial charge in [0.1, 0.15) is 23.7 Å². The van der Waals surface area contributed by atoms with Crippen molar-refractivity contribution >= 4 is 55.0 Å². The summed E-state index contributed by atoms with van der Waals surface area (Å²) in [7, 11) is -3.84. The van der Waals surface area contributed by atoms with Crippen LogP contribution in [0.4, 0.5) is 5.13 Å². The fourth-order valence-electron chi connectivity index (χ4n) is 7.00. The summed E-state index contributed by atoms with van der Waals surface area (Å²) in [5.74, 6) is -1.71. The van der Waals surface area contributed by atoms with E-state index in [-0.39, 0.29) is 30.7 Å². The summed E-state index contributed by atoms with van der Waals surface area (Å²) in [6.07, 6.45) is 6.74. The second-order valence-electron chi connectivity index (χ2n) is 14.5. The molecule has 7 rings (SSSR count). The fourth-order valence-corrected chi connectivity index (χ4v) is 9.35. The largest absolute Gasteiger partial charge is 0.472 e. The maximum atomic E-state index is 14.1. The standard InChI is InChI=1S/C35H42N6O6S2/c1-5-23-17-35(23,32(44)40-49(45,46)25-10-11-25)39-29(42)27-16-24-18-41(27)31(43)20(2)37-33-38-28(19-48-33)34(3,4)13-6-7-21-8-9-22-12-14-36-30(47-24)26(22)15-21/h5,8-9,12,14-15,19-20,23-25,27H,1,6-7,10-11,13,16-18H2,2-4H3,(H,37,38)(H,39,42)(H,40,44)/t20-,23+,24+,27-,35+/m0/s1. The Kier molecular flexibility index (Phi) is 8.45. The first-order valence-corrected chi connectivity index (χ1v) is 19.3. The SMILES string of the molecule is C=C[C@@H]1C[C@]1(NC(=O)[C@@H]1C[C@@H]2CN1C(=O)[C@H](C)Nc1nc(cs1)C(C)(C)CCCc1ccc3ccnc(c3c1)O2)C(=O)NS(=O)(=O)C1CC1. The summed E-state index contributed by atoms with van der Waals surface area (Å²) in [4.78, 5) is 52.5. The van der Waals surface area contributed by atoms with Gasteiger partial charge in [0.15, 0.2) is 5.13 Å². The average molecular weight is 707 g/mol. The molecule has 2 aliphatic heterocycles. The van der Waals surface area contributed by atoms with E-state index in [1.54, 1.807) is 19.2 Å². The Bertz CT molecular complexity index is 1940. The number of rotatable bonds is 6. The van der Waals surface area contributed by atoms with Crippen molar-refractivity contribution in [2.45, 2.75) is 100 Å². The number of nitrogens with zero attached hydrogens (tertiary/aromatic N) is 3. The van der Waals surface area contributed by atoms with Gasteiger partial charge in [0.25, 0.3) is 5.91 Å². The van der Waals surface area contributed by atoms with Crippen LogP contribution in [0.1, 0.15) is 70.6 Å². The van der Waals surface area contributed by atoms with E-state index >= 15 is 0 Å². The monoisotopic (exact) mass is 706 g/mol. The number of aromatic nitrogens is 2. The number of pyridine rings is 1. The summed E-state index contributed by atoms with van der Waals surface area (Å²) in [6, 6.07) is 6.49. The predicted molar refractivity (Wildman–Crippen MR) is 187 cm³/mol. The van der Waals surface area contributed by atoms with Crippen molar-refractivity contribution in [3.05, 3.63) is 59.8 Å². The minimum absolute atomic E-state index is 0.108. The van der Waals surface area contributed by atoms with E-state index in [9.17, 15) is 22.8 Å². The van der Waals surface area contributed by atoms with Gasteiger partial charge in [-0.1, -0.05) is 32.1 Å².